The monoisotopic (exact) mass is 225 g/mol. The highest BCUT2D eigenvalue weighted by Gasteiger charge is 2.24. The molecule has 5 nitrogen and oxygen atoms in total. The maximum absolute atomic E-state index is 11.6. The third-order valence-electron chi connectivity index (χ3n) is 2.61. The van der Waals surface area contributed by atoms with Crippen molar-refractivity contribution in [2.45, 2.75) is 19.3 Å². The molecule has 1 amide bonds. The minimum atomic E-state index is -0.298. The number of hydrogen-bond donors (Lipinski definition) is 2. The minimum Gasteiger partial charge on any atom is -0.445 e. The standard InChI is InChI=1S/C11H19N3O2/c1-2-6-16-11(15)14-5-3-4-9(8-14)7-10(12)13/h2,9H,1,3-8H2,(H3,12,13). The van der Waals surface area contributed by atoms with Crippen LogP contribution in [0.15, 0.2) is 12.7 Å². The number of carbonyl (C=O) groups is 1. The van der Waals surface area contributed by atoms with E-state index in [1.165, 1.54) is 0 Å². The summed E-state index contributed by atoms with van der Waals surface area (Å²) in [5.74, 6) is 0.480. The lowest BCUT2D eigenvalue weighted by molar-refractivity contribution is 0.0934. The zero-order chi connectivity index (χ0) is 12.0. The Morgan fingerprint density at radius 1 is 1.69 bits per heavy atom. The normalized spacial score (nSPS) is 20.2. The van der Waals surface area contributed by atoms with Crippen LogP contribution < -0.4 is 5.73 Å². The largest absolute Gasteiger partial charge is 0.445 e. The van der Waals surface area contributed by atoms with Gasteiger partial charge >= 0.3 is 6.09 Å². The first kappa shape index (κ1) is 12.5. The number of amidine groups is 1. The molecule has 90 valence electrons. The van der Waals surface area contributed by atoms with Crippen molar-refractivity contribution in [3.05, 3.63) is 12.7 Å². The summed E-state index contributed by atoms with van der Waals surface area (Å²) >= 11 is 0. The minimum absolute atomic E-state index is 0.186. The molecule has 1 saturated heterocycles. The third-order valence-corrected chi connectivity index (χ3v) is 2.61. The maximum atomic E-state index is 11.6. The summed E-state index contributed by atoms with van der Waals surface area (Å²) in [5.41, 5.74) is 5.36. The van der Waals surface area contributed by atoms with Crippen molar-refractivity contribution < 1.29 is 9.53 Å². The lowest BCUT2D eigenvalue weighted by atomic mass is 9.95. The number of nitrogens with one attached hydrogen (secondary N) is 1. The SMILES string of the molecule is C=CCOC(=O)N1CCCC(CC(=N)N)C1. The molecule has 1 atom stereocenters. The highest BCUT2D eigenvalue weighted by atomic mass is 16.6. The zero-order valence-corrected chi connectivity index (χ0v) is 9.45. The van der Waals surface area contributed by atoms with Crippen LogP contribution in [0.4, 0.5) is 4.79 Å². The van der Waals surface area contributed by atoms with Crippen molar-refractivity contribution in [1.82, 2.24) is 4.90 Å². The van der Waals surface area contributed by atoms with Gasteiger partial charge in [0.2, 0.25) is 0 Å². The summed E-state index contributed by atoms with van der Waals surface area (Å²) in [5, 5.41) is 7.24. The smallest absolute Gasteiger partial charge is 0.410 e. The molecule has 1 aliphatic rings. The van der Waals surface area contributed by atoms with Crippen molar-refractivity contribution in [3.8, 4) is 0 Å². The summed E-state index contributed by atoms with van der Waals surface area (Å²) in [6.07, 6.45) is 3.78. The van der Waals surface area contributed by atoms with Crippen molar-refractivity contribution >= 4 is 11.9 Å². The van der Waals surface area contributed by atoms with Crippen LogP contribution in [0.5, 0.6) is 0 Å². The van der Waals surface area contributed by atoms with Crippen LogP contribution in [-0.4, -0.2) is 36.5 Å². The number of piperidine rings is 1. The Morgan fingerprint density at radius 2 is 2.44 bits per heavy atom. The number of likely N-dealkylation sites (tertiary alicyclic amines) is 1. The fourth-order valence-corrected chi connectivity index (χ4v) is 1.93. The number of hydrogen-bond acceptors (Lipinski definition) is 3. The van der Waals surface area contributed by atoms with E-state index in [2.05, 4.69) is 6.58 Å². The van der Waals surface area contributed by atoms with E-state index in [9.17, 15) is 4.79 Å². The predicted octanol–water partition coefficient (Wildman–Crippen LogP) is 1.35. The van der Waals surface area contributed by atoms with Gasteiger partial charge < -0.3 is 15.4 Å². The van der Waals surface area contributed by atoms with E-state index in [4.69, 9.17) is 15.9 Å². The van der Waals surface area contributed by atoms with E-state index >= 15 is 0 Å². The Balaban J connectivity index is 2.40. The molecule has 0 radical (unpaired) electrons. The highest BCUT2D eigenvalue weighted by Crippen LogP contribution is 2.19. The zero-order valence-electron chi connectivity index (χ0n) is 9.45. The molecule has 1 aliphatic heterocycles. The Kier molecular flexibility index (Phi) is 4.82. The van der Waals surface area contributed by atoms with E-state index < -0.39 is 0 Å². The van der Waals surface area contributed by atoms with E-state index in [0.29, 0.717) is 18.9 Å². The first-order chi connectivity index (χ1) is 7.63. The maximum Gasteiger partial charge on any atom is 0.410 e. The van der Waals surface area contributed by atoms with E-state index in [0.717, 1.165) is 19.4 Å². The molecule has 1 unspecified atom stereocenters. The van der Waals surface area contributed by atoms with Gasteiger partial charge in [-0.1, -0.05) is 12.7 Å². The first-order valence-corrected chi connectivity index (χ1v) is 5.49. The molecule has 0 aromatic carbocycles. The number of amides is 1. The van der Waals surface area contributed by atoms with Gasteiger partial charge in [-0.2, -0.15) is 0 Å². The summed E-state index contributed by atoms with van der Waals surface area (Å²) in [6, 6.07) is 0. The molecule has 0 bridgehead atoms. The van der Waals surface area contributed by atoms with Gasteiger partial charge in [0.05, 0.1) is 5.84 Å². The topological polar surface area (TPSA) is 79.4 Å². The Labute approximate surface area is 95.8 Å². The van der Waals surface area contributed by atoms with Crippen LogP contribution >= 0.6 is 0 Å². The molecule has 0 aromatic rings. The fraction of sp³-hybridized carbons (Fsp3) is 0.636. The van der Waals surface area contributed by atoms with Gasteiger partial charge in [0.25, 0.3) is 0 Å². The van der Waals surface area contributed by atoms with Crippen molar-refractivity contribution in [1.29, 1.82) is 5.41 Å². The number of rotatable bonds is 4. The molecule has 1 fully saturated rings. The van der Waals surface area contributed by atoms with Gasteiger partial charge in [-0.05, 0) is 18.8 Å². The molecule has 5 heteroatoms. The molecule has 0 saturated carbocycles. The van der Waals surface area contributed by atoms with Crippen LogP contribution in [0.3, 0.4) is 0 Å². The lowest BCUT2D eigenvalue weighted by Crippen LogP contribution is -2.41. The molecular formula is C11H19N3O2. The van der Waals surface area contributed by atoms with Gasteiger partial charge in [-0.3, -0.25) is 5.41 Å². The fourth-order valence-electron chi connectivity index (χ4n) is 1.93. The number of nitrogens with two attached hydrogens (primary N) is 1. The van der Waals surface area contributed by atoms with Gasteiger partial charge in [0, 0.05) is 19.5 Å². The van der Waals surface area contributed by atoms with Crippen molar-refractivity contribution in [2.24, 2.45) is 11.7 Å². The Morgan fingerprint density at radius 3 is 3.06 bits per heavy atom. The second-order valence-electron chi connectivity index (χ2n) is 4.05. The van der Waals surface area contributed by atoms with Gasteiger partial charge in [-0.15, -0.1) is 0 Å². The molecule has 16 heavy (non-hydrogen) atoms. The van der Waals surface area contributed by atoms with Crippen LogP contribution in [0.2, 0.25) is 0 Å². The average molecular weight is 225 g/mol. The number of ether oxygens (including phenoxy) is 1. The number of carbonyl (C=O) groups excluding carboxylic acids is 1. The molecule has 0 spiro atoms. The molecule has 0 aromatic heterocycles. The summed E-state index contributed by atoms with van der Waals surface area (Å²) in [6.45, 7) is 5.10. The third kappa shape index (κ3) is 3.92. The molecule has 1 rings (SSSR count). The Bertz CT molecular complexity index is 278. The molecule has 3 N–H and O–H groups in total. The van der Waals surface area contributed by atoms with E-state index in [1.54, 1.807) is 11.0 Å². The number of nitrogens with zero attached hydrogens (tertiary/aromatic N) is 1. The van der Waals surface area contributed by atoms with E-state index in [1.807, 2.05) is 0 Å². The second kappa shape index (κ2) is 6.15. The molecule has 0 aliphatic carbocycles. The van der Waals surface area contributed by atoms with Crippen LogP contribution in [0.25, 0.3) is 0 Å². The molecule has 1 heterocycles. The van der Waals surface area contributed by atoms with Crippen molar-refractivity contribution in [2.75, 3.05) is 19.7 Å². The quantitative estimate of drug-likeness (QED) is 0.430. The van der Waals surface area contributed by atoms with Crippen LogP contribution in [0.1, 0.15) is 19.3 Å². The van der Waals surface area contributed by atoms with Gasteiger partial charge in [0.1, 0.15) is 6.61 Å². The average Bonchev–Trinajstić information content (AvgIpc) is 2.25. The highest BCUT2D eigenvalue weighted by molar-refractivity contribution is 5.77. The predicted molar refractivity (Wildman–Crippen MR) is 62.4 cm³/mol. The second-order valence-corrected chi connectivity index (χ2v) is 4.05. The van der Waals surface area contributed by atoms with Gasteiger partial charge in [-0.25, -0.2) is 4.79 Å². The lowest BCUT2D eigenvalue weighted by Gasteiger charge is -2.31. The van der Waals surface area contributed by atoms with Crippen molar-refractivity contribution in [3.63, 3.8) is 0 Å². The van der Waals surface area contributed by atoms with Gasteiger partial charge in [0.15, 0.2) is 0 Å². The van der Waals surface area contributed by atoms with Crippen LogP contribution in [0, 0.1) is 11.3 Å². The summed E-state index contributed by atoms with van der Waals surface area (Å²) in [7, 11) is 0. The summed E-state index contributed by atoms with van der Waals surface area (Å²) in [4.78, 5) is 13.2. The van der Waals surface area contributed by atoms with E-state index in [-0.39, 0.29) is 18.5 Å². The van der Waals surface area contributed by atoms with Crippen LogP contribution in [-0.2, 0) is 4.74 Å². The first-order valence-electron chi connectivity index (χ1n) is 5.49. The molecular weight excluding hydrogens is 206 g/mol. The summed E-state index contributed by atoms with van der Waals surface area (Å²) < 4.78 is 4.97. The Hall–Kier alpha value is -1.52.